The van der Waals surface area contributed by atoms with Gasteiger partial charge >= 0.3 is 0 Å². The van der Waals surface area contributed by atoms with Gasteiger partial charge in [0, 0.05) is 25.2 Å². The molecular weight excluding hydrogens is 150 g/mol. The molecule has 0 saturated carbocycles. The molecule has 0 aromatic heterocycles. The third kappa shape index (κ3) is 5.65. The Morgan fingerprint density at radius 3 is 2.67 bits per heavy atom. The van der Waals surface area contributed by atoms with Gasteiger partial charge in [-0.3, -0.25) is 10.4 Å². The van der Waals surface area contributed by atoms with E-state index in [9.17, 15) is 0 Å². The van der Waals surface area contributed by atoms with Gasteiger partial charge in [0.1, 0.15) is 0 Å². The lowest BCUT2D eigenvalue weighted by atomic mass is 10.3. The molecule has 0 bridgehead atoms. The molecule has 3 heteroatoms. The molecule has 68 valence electrons. The summed E-state index contributed by atoms with van der Waals surface area (Å²) in [6.07, 6.45) is 7.41. The van der Waals surface area contributed by atoms with Crippen molar-refractivity contribution in [1.29, 1.82) is 0 Å². The van der Waals surface area contributed by atoms with Crippen LogP contribution in [0.3, 0.4) is 0 Å². The number of aliphatic imine (C=N–C) groups is 1. The normalized spacial score (nSPS) is 13.1. The molecule has 0 aliphatic rings. The molecule has 0 aromatic rings. The highest BCUT2D eigenvalue weighted by Crippen LogP contribution is 1.92. The van der Waals surface area contributed by atoms with E-state index in [1.807, 2.05) is 19.2 Å². The largest absolute Gasteiger partial charge is 0.296 e. The Bertz CT molecular complexity index is 180. The predicted molar refractivity (Wildman–Crippen MR) is 54.7 cm³/mol. The van der Waals surface area contributed by atoms with Crippen molar-refractivity contribution in [3.63, 3.8) is 0 Å². The zero-order valence-corrected chi connectivity index (χ0v) is 8.04. The summed E-state index contributed by atoms with van der Waals surface area (Å²) in [6.45, 7) is 4.12. The summed E-state index contributed by atoms with van der Waals surface area (Å²) in [6, 6.07) is 0. The maximum absolute atomic E-state index is 4.01. The van der Waals surface area contributed by atoms with Crippen LogP contribution in [-0.4, -0.2) is 19.5 Å². The van der Waals surface area contributed by atoms with Gasteiger partial charge in [-0.1, -0.05) is 13.8 Å². The number of nitrogens with one attached hydrogen (secondary N) is 1. The molecule has 0 aromatic carbocycles. The molecule has 0 rings (SSSR count). The molecular formula is C9H17N3. The van der Waals surface area contributed by atoms with E-state index < -0.39 is 0 Å². The Labute approximate surface area is 74.3 Å². The van der Waals surface area contributed by atoms with Crippen LogP contribution in [0.1, 0.15) is 26.7 Å². The number of hydrogen-bond donors (Lipinski definition) is 1. The Morgan fingerprint density at radius 1 is 1.42 bits per heavy atom. The molecule has 0 unspecified atom stereocenters. The number of nitrogens with zero attached hydrogens (tertiary/aromatic N) is 2. The zero-order valence-electron chi connectivity index (χ0n) is 8.04. The van der Waals surface area contributed by atoms with Crippen LogP contribution >= 0.6 is 0 Å². The second-order valence-corrected chi connectivity index (χ2v) is 2.28. The average Bonchev–Trinajstić information content (AvgIpc) is 2.11. The van der Waals surface area contributed by atoms with Crippen molar-refractivity contribution >= 4 is 12.4 Å². The van der Waals surface area contributed by atoms with Crippen LogP contribution < -0.4 is 5.43 Å². The van der Waals surface area contributed by atoms with Crippen molar-refractivity contribution in [1.82, 2.24) is 5.43 Å². The van der Waals surface area contributed by atoms with Crippen molar-refractivity contribution in [3.05, 3.63) is 11.8 Å². The van der Waals surface area contributed by atoms with Crippen molar-refractivity contribution in [3.8, 4) is 0 Å². The van der Waals surface area contributed by atoms with Gasteiger partial charge < -0.3 is 0 Å². The van der Waals surface area contributed by atoms with E-state index in [2.05, 4.69) is 22.4 Å². The standard InChI is InChI=1S/C9H17N3/c1-4-7-11-12-9(5-2)6-8-10-3/h6-8,12H,4-5H2,1-3H3/b9-6?,10-8?,11-7+. The molecule has 0 saturated heterocycles. The van der Waals surface area contributed by atoms with Gasteiger partial charge in [-0.25, -0.2) is 0 Å². The summed E-state index contributed by atoms with van der Waals surface area (Å²) in [4.78, 5) is 3.86. The minimum atomic E-state index is 0.938. The first-order chi connectivity index (χ1) is 5.85. The fourth-order valence-electron chi connectivity index (χ4n) is 0.619. The van der Waals surface area contributed by atoms with Crippen LogP contribution in [-0.2, 0) is 0 Å². The van der Waals surface area contributed by atoms with E-state index in [-0.39, 0.29) is 0 Å². The predicted octanol–water partition coefficient (Wildman–Crippen LogP) is 1.97. The summed E-state index contributed by atoms with van der Waals surface area (Å²) < 4.78 is 0. The molecule has 1 N–H and O–H groups in total. The highest BCUT2D eigenvalue weighted by Gasteiger charge is 1.86. The Balaban J connectivity index is 3.90. The third-order valence-electron chi connectivity index (χ3n) is 1.29. The summed E-state index contributed by atoms with van der Waals surface area (Å²) >= 11 is 0. The lowest BCUT2D eigenvalue weighted by Crippen LogP contribution is -2.04. The van der Waals surface area contributed by atoms with Crippen LogP contribution in [0.5, 0.6) is 0 Å². The second kappa shape index (κ2) is 7.98. The quantitative estimate of drug-likeness (QED) is 0.493. The topological polar surface area (TPSA) is 36.8 Å². The van der Waals surface area contributed by atoms with E-state index in [0.717, 1.165) is 18.5 Å². The summed E-state index contributed by atoms with van der Waals surface area (Å²) in [7, 11) is 1.75. The van der Waals surface area contributed by atoms with Crippen molar-refractivity contribution in [2.24, 2.45) is 10.1 Å². The fraction of sp³-hybridized carbons (Fsp3) is 0.556. The van der Waals surface area contributed by atoms with Crippen LogP contribution in [0.2, 0.25) is 0 Å². The molecule has 0 spiro atoms. The lowest BCUT2D eigenvalue weighted by Gasteiger charge is -2.00. The molecule has 3 nitrogen and oxygen atoms in total. The second-order valence-electron chi connectivity index (χ2n) is 2.28. The van der Waals surface area contributed by atoms with E-state index in [0.29, 0.717) is 0 Å². The van der Waals surface area contributed by atoms with E-state index in [1.165, 1.54) is 0 Å². The molecule has 0 aliphatic carbocycles. The first kappa shape index (κ1) is 10.9. The van der Waals surface area contributed by atoms with Gasteiger partial charge in [0.25, 0.3) is 0 Å². The maximum atomic E-state index is 4.01. The van der Waals surface area contributed by atoms with Gasteiger partial charge in [-0.05, 0) is 18.9 Å². The van der Waals surface area contributed by atoms with Crippen LogP contribution in [0.15, 0.2) is 21.9 Å². The molecule has 0 amide bonds. The minimum Gasteiger partial charge on any atom is -0.296 e. The molecule has 0 atom stereocenters. The maximum Gasteiger partial charge on any atom is 0.0348 e. The highest BCUT2D eigenvalue weighted by molar-refractivity contribution is 5.71. The highest BCUT2D eigenvalue weighted by atomic mass is 15.3. The van der Waals surface area contributed by atoms with Crippen molar-refractivity contribution in [2.75, 3.05) is 7.05 Å². The lowest BCUT2D eigenvalue weighted by molar-refractivity contribution is 0.832. The minimum absolute atomic E-state index is 0.938. The summed E-state index contributed by atoms with van der Waals surface area (Å²) in [5.74, 6) is 0. The van der Waals surface area contributed by atoms with Crippen molar-refractivity contribution < 1.29 is 0 Å². The zero-order chi connectivity index (χ0) is 9.23. The first-order valence-corrected chi connectivity index (χ1v) is 4.24. The van der Waals surface area contributed by atoms with E-state index in [1.54, 1.807) is 13.3 Å². The first-order valence-electron chi connectivity index (χ1n) is 4.24. The Kier molecular flexibility index (Phi) is 7.24. The molecule has 0 fully saturated rings. The van der Waals surface area contributed by atoms with Gasteiger partial charge in [0.05, 0.1) is 0 Å². The van der Waals surface area contributed by atoms with Gasteiger partial charge in [0.2, 0.25) is 0 Å². The van der Waals surface area contributed by atoms with Gasteiger partial charge in [-0.15, -0.1) is 0 Å². The van der Waals surface area contributed by atoms with Crippen molar-refractivity contribution in [2.45, 2.75) is 26.7 Å². The SMILES string of the molecule is CC/C=N/NC(=CC=NC)CC. The molecule has 12 heavy (non-hydrogen) atoms. The summed E-state index contributed by atoms with van der Waals surface area (Å²) in [5.41, 5.74) is 4.02. The number of allylic oxidation sites excluding steroid dienone is 2. The van der Waals surface area contributed by atoms with E-state index >= 15 is 0 Å². The smallest absolute Gasteiger partial charge is 0.0348 e. The number of hydrazone groups is 1. The van der Waals surface area contributed by atoms with Crippen LogP contribution in [0.25, 0.3) is 0 Å². The Hall–Kier alpha value is -1.12. The number of rotatable bonds is 5. The molecule has 0 radical (unpaired) electrons. The van der Waals surface area contributed by atoms with Crippen LogP contribution in [0, 0.1) is 0 Å². The fourth-order valence-corrected chi connectivity index (χ4v) is 0.619. The summed E-state index contributed by atoms with van der Waals surface area (Å²) in [5, 5.41) is 4.01. The Morgan fingerprint density at radius 2 is 2.17 bits per heavy atom. The van der Waals surface area contributed by atoms with Crippen LogP contribution in [0.4, 0.5) is 0 Å². The molecule has 0 aliphatic heterocycles. The van der Waals surface area contributed by atoms with Gasteiger partial charge in [-0.2, -0.15) is 5.10 Å². The molecule has 0 heterocycles. The monoisotopic (exact) mass is 167 g/mol. The third-order valence-corrected chi connectivity index (χ3v) is 1.29. The van der Waals surface area contributed by atoms with Gasteiger partial charge in [0.15, 0.2) is 0 Å². The average molecular weight is 167 g/mol. The number of hydrogen-bond acceptors (Lipinski definition) is 3. The van der Waals surface area contributed by atoms with E-state index in [4.69, 9.17) is 0 Å².